The third-order valence-corrected chi connectivity index (χ3v) is 5.03. The highest BCUT2D eigenvalue weighted by Crippen LogP contribution is 2.23. The van der Waals surface area contributed by atoms with Gasteiger partial charge in [0.05, 0.1) is 13.2 Å². The van der Waals surface area contributed by atoms with Crippen LogP contribution in [-0.4, -0.2) is 54.6 Å². The fraction of sp³-hybridized carbons (Fsp3) is 0.444. The van der Waals surface area contributed by atoms with Crippen molar-refractivity contribution in [3.63, 3.8) is 0 Å². The van der Waals surface area contributed by atoms with Gasteiger partial charge in [0.15, 0.2) is 10.3 Å². The lowest BCUT2D eigenvalue weighted by Crippen LogP contribution is -2.37. The number of allylic oxidation sites excluding steroid dienone is 1. The number of nitrogens with zero attached hydrogens (tertiary/aromatic N) is 3. The highest BCUT2D eigenvalue weighted by Gasteiger charge is 2.16. The van der Waals surface area contributed by atoms with Crippen LogP contribution in [0.3, 0.4) is 0 Å². The van der Waals surface area contributed by atoms with Crippen molar-refractivity contribution in [1.82, 2.24) is 10.2 Å². The van der Waals surface area contributed by atoms with Gasteiger partial charge in [-0.05, 0) is 55.9 Å². The average Bonchev–Trinajstić information content (AvgIpc) is 2.63. The quantitative estimate of drug-likeness (QED) is 0.695. The van der Waals surface area contributed by atoms with Gasteiger partial charge in [0.25, 0.3) is 0 Å². The van der Waals surface area contributed by atoms with E-state index < -0.39 is 0 Å². The van der Waals surface area contributed by atoms with Gasteiger partial charge in [-0.25, -0.2) is 4.99 Å². The maximum absolute atomic E-state index is 5.87. The number of nitrogens with one attached hydrogen (secondary N) is 2. The molecule has 0 aliphatic carbocycles. The Bertz CT molecular complexity index is 683. The number of rotatable bonds is 7. The molecule has 2 aliphatic heterocycles. The van der Waals surface area contributed by atoms with Gasteiger partial charge in [-0.3, -0.25) is 4.90 Å². The van der Waals surface area contributed by atoms with Crippen molar-refractivity contribution < 1.29 is 4.74 Å². The summed E-state index contributed by atoms with van der Waals surface area (Å²) >= 11 is 7.40. The smallest absolute Gasteiger partial charge is 0.197 e. The van der Waals surface area contributed by atoms with Gasteiger partial charge >= 0.3 is 0 Å². The number of hydrogen-bond donors (Lipinski definition) is 2. The Morgan fingerprint density at radius 2 is 2.08 bits per heavy atom. The van der Waals surface area contributed by atoms with Crippen LogP contribution in [0.4, 0.5) is 5.69 Å². The minimum atomic E-state index is 0.721. The molecule has 1 saturated heterocycles. The average molecular weight is 394 g/mol. The zero-order valence-electron chi connectivity index (χ0n) is 14.9. The second-order valence-corrected chi connectivity index (χ2v) is 7.50. The molecule has 140 valence electrons. The molecule has 1 fully saturated rings. The largest absolute Gasteiger partial charge is 0.387 e. The van der Waals surface area contributed by atoms with Gasteiger partial charge in [0.1, 0.15) is 0 Å². The van der Waals surface area contributed by atoms with Crippen LogP contribution in [0.15, 0.2) is 46.1 Å². The number of halogens is 1. The summed E-state index contributed by atoms with van der Waals surface area (Å²) in [5.74, 6) is 0. The standard InChI is InChI=1S/C18H24ClN5OS/c1-14(20-7-2-8-24-9-11-25-12-10-24)13-21-17-23-18(26-17)22-16-5-3-15(19)4-6-16/h3-6,13,20H,2,7-12H2,1H3,(H,21,22,23)/b14-13-. The maximum atomic E-state index is 5.87. The number of aliphatic imine (C=N–C) groups is 2. The van der Waals surface area contributed by atoms with Crippen molar-refractivity contribution in [2.45, 2.75) is 13.3 Å². The van der Waals surface area contributed by atoms with Crippen LogP contribution >= 0.6 is 23.4 Å². The molecule has 0 saturated carbocycles. The highest BCUT2D eigenvalue weighted by molar-refractivity contribution is 8.29. The van der Waals surface area contributed by atoms with E-state index in [2.05, 4.69) is 25.5 Å². The fourth-order valence-corrected chi connectivity index (χ4v) is 3.27. The molecule has 1 aromatic rings. The lowest BCUT2D eigenvalue weighted by atomic mass is 10.3. The highest BCUT2D eigenvalue weighted by atomic mass is 35.5. The molecular formula is C18H24ClN5OS. The van der Waals surface area contributed by atoms with Crippen LogP contribution in [0, 0.1) is 0 Å². The van der Waals surface area contributed by atoms with Crippen molar-refractivity contribution in [2.75, 3.05) is 44.7 Å². The van der Waals surface area contributed by atoms with Crippen LogP contribution in [0.2, 0.25) is 5.02 Å². The summed E-state index contributed by atoms with van der Waals surface area (Å²) < 4.78 is 5.36. The molecule has 2 aliphatic rings. The van der Waals surface area contributed by atoms with E-state index in [0.29, 0.717) is 0 Å². The van der Waals surface area contributed by atoms with Crippen LogP contribution in [0.5, 0.6) is 0 Å². The van der Waals surface area contributed by atoms with Gasteiger partial charge in [-0.1, -0.05) is 11.6 Å². The third-order valence-electron chi connectivity index (χ3n) is 4.01. The van der Waals surface area contributed by atoms with E-state index in [4.69, 9.17) is 16.3 Å². The monoisotopic (exact) mass is 393 g/mol. The van der Waals surface area contributed by atoms with E-state index in [-0.39, 0.29) is 0 Å². The Morgan fingerprint density at radius 1 is 1.35 bits per heavy atom. The number of benzene rings is 1. The number of ether oxygens (including phenoxy) is 1. The molecule has 3 rings (SSSR count). The van der Waals surface area contributed by atoms with Crippen molar-refractivity contribution in [3.05, 3.63) is 41.2 Å². The zero-order chi connectivity index (χ0) is 18.2. The van der Waals surface area contributed by atoms with Crippen LogP contribution < -0.4 is 10.6 Å². The number of morpholine rings is 1. The molecule has 2 heterocycles. The predicted molar refractivity (Wildman–Crippen MR) is 111 cm³/mol. The van der Waals surface area contributed by atoms with Crippen molar-refractivity contribution in [2.24, 2.45) is 9.98 Å². The first kappa shape index (κ1) is 19.2. The Hall–Kier alpha value is -1.54. The van der Waals surface area contributed by atoms with E-state index in [1.54, 1.807) is 0 Å². The van der Waals surface area contributed by atoms with E-state index in [9.17, 15) is 0 Å². The van der Waals surface area contributed by atoms with Crippen molar-refractivity contribution in [1.29, 1.82) is 0 Å². The topological polar surface area (TPSA) is 61.2 Å². The fourth-order valence-electron chi connectivity index (χ4n) is 2.56. The minimum absolute atomic E-state index is 0.721. The number of thioether (sulfide) groups is 1. The number of hydrogen-bond acceptors (Lipinski definition) is 6. The van der Waals surface area contributed by atoms with E-state index in [1.807, 2.05) is 37.4 Å². The van der Waals surface area contributed by atoms with Gasteiger partial charge in [0, 0.05) is 42.2 Å². The summed E-state index contributed by atoms with van der Waals surface area (Å²) in [6, 6.07) is 7.54. The molecule has 26 heavy (non-hydrogen) atoms. The third kappa shape index (κ3) is 6.32. The molecule has 0 radical (unpaired) electrons. The SMILES string of the molecule is C/C(=C/N=C1N=C(Nc2ccc(Cl)cc2)S1)NCCCN1CCOCC1. The zero-order valence-corrected chi connectivity index (χ0v) is 16.4. The first-order chi connectivity index (χ1) is 12.7. The second kappa shape index (κ2) is 9.97. The molecule has 6 nitrogen and oxygen atoms in total. The molecule has 8 heteroatoms. The Labute approximate surface area is 163 Å². The van der Waals surface area contributed by atoms with Gasteiger partial charge < -0.3 is 15.4 Å². The maximum Gasteiger partial charge on any atom is 0.197 e. The Morgan fingerprint density at radius 3 is 2.81 bits per heavy atom. The molecule has 1 aromatic carbocycles. The lowest BCUT2D eigenvalue weighted by molar-refractivity contribution is 0.0375. The number of anilines is 1. The summed E-state index contributed by atoms with van der Waals surface area (Å²) in [6.45, 7) is 7.89. The summed E-state index contributed by atoms with van der Waals surface area (Å²) in [7, 11) is 0. The summed E-state index contributed by atoms with van der Waals surface area (Å²) in [5.41, 5.74) is 2.02. The molecule has 0 unspecified atom stereocenters. The Balaban J connectivity index is 1.34. The number of amidine groups is 2. The summed E-state index contributed by atoms with van der Waals surface area (Å²) in [6.07, 6.45) is 2.95. The first-order valence-electron chi connectivity index (χ1n) is 8.77. The molecular weight excluding hydrogens is 370 g/mol. The molecule has 0 amide bonds. The molecule has 0 aromatic heterocycles. The summed E-state index contributed by atoms with van der Waals surface area (Å²) in [4.78, 5) is 11.2. The molecule has 2 N–H and O–H groups in total. The molecule has 0 atom stereocenters. The van der Waals surface area contributed by atoms with Crippen molar-refractivity contribution in [3.8, 4) is 0 Å². The van der Waals surface area contributed by atoms with E-state index in [1.165, 1.54) is 11.8 Å². The predicted octanol–water partition coefficient (Wildman–Crippen LogP) is 3.38. The molecule has 0 spiro atoms. The van der Waals surface area contributed by atoms with Crippen molar-refractivity contribution >= 4 is 39.4 Å². The van der Waals surface area contributed by atoms with E-state index >= 15 is 0 Å². The van der Waals surface area contributed by atoms with Crippen LogP contribution in [0.1, 0.15) is 13.3 Å². The van der Waals surface area contributed by atoms with Crippen LogP contribution in [0.25, 0.3) is 0 Å². The second-order valence-electron chi connectivity index (χ2n) is 6.11. The van der Waals surface area contributed by atoms with Gasteiger partial charge in [0.2, 0.25) is 0 Å². The van der Waals surface area contributed by atoms with Crippen LogP contribution in [-0.2, 0) is 4.74 Å². The minimum Gasteiger partial charge on any atom is -0.387 e. The van der Waals surface area contributed by atoms with E-state index in [0.717, 1.165) is 72.6 Å². The first-order valence-corrected chi connectivity index (χ1v) is 9.96. The Kier molecular flexibility index (Phi) is 7.37. The normalized spacial score (nSPS) is 19.8. The lowest BCUT2D eigenvalue weighted by Gasteiger charge is -2.26. The van der Waals surface area contributed by atoms with Gasteiger partial charge in [-0.2, -0.15) is 4.99 Å². The van der Waals surface area contributed by atoms with Gasteiger partial charge in [-0.15, -0.1) is 0 Å². The molecule has 0 bridgehead atoms. The summed E-state index contributed by atoms with van der Waals surface area (Å²) in [5, 5.41) is 8.94.